The van der Waals surface area contributed by atoms with Crippen molar-refractivity contribution in [1.29, 1.82) is 0 Å². The molecule has 0 radical (unpaired) electrons. The summed E-state index contributed by atoms with van der Waals surface area (Å²) < 4.78 is 7.44. The van der Waals surface area contributed by atoms with Crippen LogP contribution in [0.25, 0.3) is 27.5 Å². The van der Waals surface area contributed by atoms with E-state index in [1.54, 1.807) is 11.3 Å². The van der Waals surface area contributed by atoms with Gasteiger partial charge < -0.3 is 14.0 Å². The number of hydrogen-bond donors (Lipinski definition) is 0. The maximum Gasteiger partial charge on any atom is 0.256 e. The van der Waals surface area contributed by atoms with Crippen molar-refractivity contribution in [3.63, 3.8) is 0 Å². The highest BCUT2D eigenvalue weighted by atomic mass is 32.1. The maximum absolute atomic E-state index is 13.1. The average Bonchev–Trinajstić information content (AvgIpc) is 3.40. The first kappa shape index (κ1) is 17.2. The molecule has 1 saturated heterocycles. The van der Waals surface area contributed by atoms with Gasteiger partial charge in [-0.15, -0.1) is 11.3 Å². The normalized spacial score (nSPS) is 14.5. The molecule has 1 amide bonds. The van der Waals surface area contributed by atoms with E-state index in [-0.39, 0.29) is 5.91 Å². The van der Waals surface area contributed by atoms with Crippen LogP contribution in [0.15, 0.2) is 66.2 Å². The fourth-order valence-corrected chi connectivity index (χ4v) is 4.38. The van der Waals surface area contributed by atoms with Crippen molar-refractivity contribution in [3.05, 3.63) is 71.7 Å². The van der Waals surface area contributed by atoms with E-state index in [1.807, 2.05) is 53.6 Å². The summed E-state index contributed by atoms with van der Waals surface area (Å²) in [6.07, 6.45) is 1.99. The molecule has 1 aromatic carbocycles. The third-order valence-corrected chi connectivity index (χ3v) is 5.88. The van der Waals surface area contributed by atoms with Crippen LogP contribution in [0.3, 0.4) is 0 Å². The van der Waals surface area contributed by atoms with Crippen LogP contribution < -0.4 is 0 Å². The predicted octanol–water partition coefficient (Wildman–Crippen LogP) is 4.20. The molecule has 140 valence electrons. The van der Waals surface area contributed by atoms with Crippen LogP contribution in [-0.4, -0.2) is 46.5 Å². The van der Waals surface area contributed by atoms with Crippen molar-refractivity contribution >= 4 is 22.8 Å². The van der Waals surface area contributed by atoms with E-state index in [0.717, 1.165) is 27.5 Å². The number of amides is 1. The van der Waals surface area contributed by atoms with Gasteiger partial charge >= 0.3 is 0 Å². The van der Waals surface area contributed by atoms with Crippen molar-refractivity contribution in [2.75, 3.05) is 26.3 Å². The average molecular weight is 389 g/mol. The number of thiazole rings is 1. The molecule has 28 heavy (non-hydrogen) atoms. The molecule has 0 spiro atoms. The Labute approximate surface area is 166 Å². The Bertz CT molecular complexity index is 1130. The molecule has 3 aromatic heterocycles. The van der Waals surface area contributed by atoms with Gasteiger partial charge in [-0.05, 0) is 18.2 Å². The molecule has 0 bridgehead atoms. The molecule has 1 aliphatic rings. The molecule has 1 fully saturated rings. The minimum atomic E-state index is 0.0526. The van der Waals surface area contributed by atoms with Crippen molar-refractivity contribution in [1.82, 2.24) is 14.3 Å². The summed E-state index contributed by atoms with van der Waals surface area (Å²) >= 11 is 1.62. The first-order valence-electron chi connectivity index (χ1n) is 9.30. The quantitative estimate of drug-likeness (QED) is 0.528. The fourth-order valence-electron chi connectivity index (χ4n) is 3.56. The van der Waals surface area contributed by atoms with Crippen molar-refractivity contribution in [2.45, 2.75) is 0 Å². The number of aromatic nitrogens is 2. The van der Waals surface area contributed by atoms with Crippen LogP contribution in [0.1, 0.15) is 10.4 Å². The summed E-state index contributed by atoms with van der Waals surface area (Å²) in [5.74, 6) is 0.0526. The number of benzene rings is 1. The predicted molar refractivity (Wildman–Crippen MR) is 111 cm³/mol. The molecule has 1 aliphatic heterocycles. The zero-order valence-electron chi connectivity index (χ0n) is 15.2. The molecule has 4 aromatic rings. The molecule has 0 aliphatic carbocycles. The highest BCUT2D eigenvalue weighted by molar-refractivity contribution is 7.13. The van der Waals surface area contributed by atoms with Gasteiger partial charge in [0.1, 0.15) is 5.01 Å². The third-order valence-electron chi connectivity index (χ3n) is 4.99. The first-order chi connectivity index (χ1) is 13.8. The van der Waals surface area contributed by atoms with E-state index in [9.17, 15) is 4.79 Å². The highest BCUT2D eigenvalue weighted by Crippen LogP contribution is 2.31. The summed E-state index contributed by atoms with van der Waals surface area (Å²) in [5.41, 5.74) is 4.54. The number of carbonyl (C=O) groups is 1. The van der Waals surface area contributed by atoms with Gasteiger partial charge in [-0.1, -0.05) is 36.4 Å². The van der Waals surface area contributed by atoms with E-state index in [4.69, 9.17) is 9.72 Å². The Kier molecular flexibility index (Phi) is 4.43. The summed E-state index contributed by atoms with van der Waals surface area (Å²) in [6, 6.07) is 18.1. The zero-order chi connectivity index (χ0) is 18.9. The molecule has 0 unspecified atom stereocenters. The van der Waals surface area contributed by atoms with E-state index in [0.29, 0.717) is 31.9 Å². The van der Waals surface area contributed by atoms with Crippen LogP contribution in [0.4, 0.5) is 0 Å². The zero-order valence-corrected chi connectivity index (χ0v) is 16.1. The SMILES string of the molecule is O=C(c1cc(-c2csc(-c3ccccc3)n2)n2ccccc12)N1CCOCC1. The van der Waals surface area contributed by atoms with Crippen LogP contribution in [0.2, 0.25) is 0 Å². The lowest BCUT2D eigenvalue weighted by Crippen LogP contribution is -2.40. The number of nitrogens with zero attached hydrogens (tertiary/aromatic N) is 3. The largest absolute Gasteiger partial charge is 0.378 e. The number of pyridine rings is 1. The lowest BCUT2D eigenvalue weighted by molar-refractivity contribution is 0.0304. The Morgan fingerprint density at radius 3 is 2.64 bits per heavy atom. The van der Waals surface area contributed by atoms with Crippen LogP contribution in [-0.2, 0) is 4.74 Å². The monoisotopic (exact) mass is 389 g/mol. The maximum atomic E-state index is 13.1. The van der Waals surface area contributed by atoms with Crippen LogP contribution >= 0.6 is 11.3 Å². The minimum Gasteiger partial charge on any atom is -0.378 e. The standard InChI is InChI=1S/C22H19N3O2S/c26-22(24-10-12-27-13-11-24)17-14-20(25-9-5-4-8-19(17)25)18-15-28-21(23-18)16-6-2-1-3-7-16/h1-9,14-15H,10-13H2. The van der Waals surface area contributed by atoms with Crippen LogP contribution in [0, 0.1) is 0 Å². The number of carbonyl (C=O) groups excluding carboxylic acids is 1. The Balaban J connectivity index is 1.57. The van der Waals surface area contributed by atoms with Gasteiger partial charge in [-0.3, -0.25) is 4.79 Å². The van der Waals surface area contributed by atoms with E-state index < -0.39 is 0 Å². The molecular weight excluding hydrogens is 370 g/mol. The van der Waals surface area contributed by atoms with E-state index >= 15 is 0 Å². The number of ether oxygens (including phenoxy) is 1. The molecular formula is C22H19N3O2S. The van der Waals surface area contributed by atoms with Gasteiger partial charge in [0.05, 0.1) is 35.7 Å². The van der Waals surface area contributed by atoms with Crippen molar-refractivity contribution < 1.29 is 9.53 Å². The van der Waals surface area contributed by atoms with Crippen molar-refractivity contribution in [3.8, 4) is 22.0 Å². The lowest BCUT2D eigenvalue weighted by Gasteiger charge is -2.26. The molecule has 4 heterocycles. The Hall–Kier alpha value is -2.96. The summed E-state index contributed by atoms with van der Waals surface area (Å²) in [4.78, 5) is 19.8. The van der Waals surface area contributed by atoms with Gasteiger partial charge in [0.2, 0.25) is 0 Å². The number of rotatable bonds is 3. The van der Waals surface area contributed by atoms with Gasteiger partial charge in [0.25, 0.3) is 5.91 Å². The number of hydrogen-bond acceptors (Lipinski definition) is 4. The van der Waals surface area contributed by atoms with Crippen LogP contribution in [0.5, 0.6) is 0 Å². The first-order valence-corrected chi connectivity index (χ1v) is 10.2. The third kappa shape index (κ3) is 3.00. The Morgan fingerprint density at radius 2 is 1.82 bits per heavy atom. The second-order valence-electron chi connectivity index (χ2n) is 6.71. The molecule has 5 nitrogen and oxygen atoms in total. The number of morpholine rings is 1. The summed E-state index contributed by atoms with van der Waals surface area (Å²) in [5, 5.41) is 3.03. The topological polar surface area (TPSA) is 46.8 Å². The molecule has 5 rings (SSSR count). The smallest absolute Gasteiger partial charge is 0.256 e. The second-order valence-corrected chi connectivity index (χ2v) is 7.57. The van der Waals surface area contributed by atoms with Crippen molar-refractivity contribution in [2.24, 2.45) is 0 Å². The minimum absolute atomic E-state index is 0.0526. The lowest BCUT2D eigenvalue weighted by atomic mass is 10.2. The highest BCUT2D eigenvalue weighted by Gasteiger charge is 2.23. The molecule has 0 atom stereocenters. The van der Waals surface area contributed by atoms with E-state index in [1.165, 1.54) is 0 Å². The Morgan fingerprint density at radius 1 is 1.04 bits per heavy atom. The van der Waals surface area contributed by atoms with Gasteiger partial charge in [0, 0.05) is 30.2 Å². The van der Waals surface area contributed by atoms with Gasteiger partial charge in [-0.2, -0.15) is 0 Å². The molecule has 6 heteroatoms. The number of fused-ring (bicyclic) bond motifs is 1. The second kappa shape index (κ2) is 7.22. The van der Waals surface area contributed by atoms with Gasteiger partial charge in [0.15, 0.2) is 0 Å². The van der Waals surface area contributed by atoms with Gasteiger partial charge in [-0.25, -0.2) is 4.98 Å². The molecule has 0 N–H and O–H groups in total. The fraction of sp³-hybridized carbons (Fsp3) is 0.182. The van der Waals surface area contributed by atoms with E-state index in [2.05, 4.69) is 21.9 Å². The molecule has 0 saturated carbocycles. The summed E-state index contributed by atoms with van der Waals surface area (Å²) in [7, 11) is 0. The summed E-state index contributed by atoms with van der Waals surface area (Å²) in [6.45, 7) is 2.45.